The number of likely N-dealkylation sites (N-methyl/N-ethyl adjacent to an activating group) is 1. The van der Waals surface area contributed by atoms with E-state index in [1.54, 1.807) is 12.1 Å². The minimum Gasteiger partial charge on any atom is -0.369 e. The third-order valence-corrected chi connectivity index (χ3v) is 3.86. The van der Waals surface area contributed by atoms with Crippen molar-refractivity contribution >= 4 is 23.2 Å². The van der Waals surface area contributed by atoms with Crippen LogP contribution in [0.15, 0.2) is 18.2 Å². The average molecular weight is 282 g/mol. The Morgan fingerprint density at radius 1 is 1.58 bits per heavy atom. The van der Waals surface area contributed by atoms with Crippen molar-refractivity contribution in [3.63, 3.8) is 0 Å². The van der Waals surface area contributed by atoms with E-state index in [-0.39, 0.29) is 0 Å². The second-order valence-corrected chi connectivity index (χ2v) is 5.27. The Balaban J connectivity index is 2.15. The lowest BCUT2D eigenvalue weighted by Crippen LogP contribution is -2.37. The van der Waals surface area contributed by atoms with Crippen LogP contribution in [0.2, 0.25) is 5.02 Å². The molecule has 104 valence electrons. The van der Waals surface area contributed by atoms with E-state index < -0.39 is 5.91 Å². The number of anilines is 1. The van der Waals surface area contributed by atoms with Gasteiger partial charge in [0.1, 0.15) is 0 Å². The van der Waals surface area contributed by atoms with Crippen molar-refractivity contribution < 1.29 is 4.79 Å². The van der Waals surface area contributed by atoms with Gasteiger partial charge in [-0.3, -0.25) is 4.79 Å². The van der Waals surface area contributed by atoms with Crippen molar-refractivity contribution in [2.24, 2.45) is 5.73 Å². The predicted octanol–water partition coefficient (Wildman–Crippen LogP) is 2.02. The molecule has 3 N–H and O–H groups in total. The van der Waals surface area contributed by atoms with Gasteiger partial charge in [-0.15, -0.1) is 0 Å². The number of primary amides is 1. The van der Waals surface area contributed by atoms with Gasteiger partial charge in [0.15, 0.2) is 0 Å². The van der Waals surface area contributed by atoms with Gasteiger partial charge in [-0.2, -0.15) is 0 Å². The highest BCUT2D eigenvalue weighted by Gasteiger charge is 2.19. The van der Waals surface area contributed by atoms with E-state index in [1.165, 1.54) is 12.8 Å². The summed E-state index contributed by atoms with van der Waals surface area (Å²) in [5.41, 5.74) is 6.66. The monoisotopic (exact) mass is 281 g/mol. The molecule has 0 aromatic heterocycles. The Labute approximate surface area is 118 Å². The molecule has 1 atom stereocenters. The summed E-state index contributed by atoms with van der Waals surface area (Å²) < 4.78 is 0. The van der Waals surface area contributed by atoms with Crippen molar-refractivity contribution in [3.05, 3.63) is 28.8 Å². The molecule has 4 nitrogen and oxygen atoms in total. The molecule has 0 saturated carbocycles. The molecule has 1 aliphatic heterocycles. The van der Waals surface area contributed by atoms with Crippen LogP contribution in [0.5, 0.6) is 0 Å². The number of nitrogens with one attached hydrogen (secondary N) is 1. The van der Waals surface area contributed by atoms with Crippen LogP contribution in [-0.2, 0) is 0 Å². The number of rotatable bonds is 5. The highest BCUT2D eigenvalue weighted by molar-refractivity contribution is 6.33. The Kier molecular flexibility index (Phi) is 4.66. The normalized spacial score (nSPS) is 18.5. The quantitative estimate of drug-likeness (QED) is 0.868. The van der Waals surface area contributed by atoms with Crippen LogP contribution >= 0.6 is 11.6 Å². The second kappa shape index (κ2) is 6.26. The van der Waals surface area contributed by atoms with E-state index in [9.17, 15) is 4.79 Å². The highest BCUT2D eigenvalue weighted by Crippen LogP contribution is 2.27. The van der Waals surface area contributed by atoms with Gasteiger partial charge >= 0.3 is 0 Å². The average Bonchev–Trinajstić information content (AvgIpc) is 2.89. The third kappa shape index (κ3) is 3.39. The summed E-state index contributed by atoms with van der Waals surface area (Å²) in [5, 5.41) is 4.06. The molecule has 1 unspecified atom stereocenters. The van der Waals surface area contributed by atoms with E-state index in [2.05, 4.69) is 17.1 Å². The Morgan fingerprint density at radius 3 is 2.89 bits per heavy atom. The number of carbonyl (C=O) groups excluding carboxylic acids is 1. The topological polar surface area (TPSA) is 58.4 Å². The van der Waals surface area contributed by atoms with Gasteiger partial charge in [0.2, 0.25) is 5.91 Å². The maximum absolute atomic E-state index is 11.1. The number of hydrogen-bond acceptors (Lipinski definition) is 3. The smallest absolute Gasteiger partial charge is 0.248 e. The lowest BCUT2D eigenvalue weighted by Gasteiger charge is -2.27. The van der Waals surface area contributed by atoms with Crippen LogP contribution < -0.4 is 16.0 Å². The zero-order valence-corrected chi connectivity index (χ0v) is 11.9. The Bertz CT molecular complexity index is 458. The van der Waals surface area contributed by atoms with Crippen molar-refractivity contribution in [1.29, 1.82) is 0 Å². The maximum Gasteiger partial charge on any atom is 0.248 e. The second-order valence-electron chi connectivity index (χ2n) is 4.86. The summed E-state index contributed by atoms with van der Waals surface area (Å²) in [6.45, 7) is 5.02. The Hall–Kier alpha value is -1.26. The minimum absolute atomic E-state index is 0.448. The van der Waals surface area contributed by atoms with Gasteiger partial charge in [0.25, 0.3) is 0 Å². The lowest BCUT2D eigenvalue weighted by molar-refractivity contribution is 0.100. The maximum atomic E-state index is 11.1. The van der Waals surface area contributed by atoms with Gasteiger partial charge in [-0.25, -0.2) is 0 Å². The molecule has 2 rings (SSSR count). The molecule has 5 heteroatoms. The van der Waals surface area contributed by atoms with E-state index in [1.807, 2.05) is 6.07 Å². The fourth-order valence-corrected chi connectivity index (χ4v) is 2.79. The molecule has 1 amide bonds. The highest BCUT2D eigenvalue weighted by atomic mass is 35.5. The van der Waals surface area contributed by atoms with Crippen molar-refractivity contribution in [3.8, 4) is 0 Å². The summed E-state index contributed by atoms with van der Waals surface area (Å²) in [4.78, 5) is 13.4. The summed E-state index contributed by atoms with van der Waals surface area (Å²) in [7, 11) is 0. The largest absolute Gasteiger partial charge is 0.369 e. The summed E-state index contributed by atoms with van der Waals surface area (Å²) in [6, 6.07) is 5.77. The van der Waals surface area contributed by atoms with E-state index in [0.29, 0.717) is 16.6 Å². The molecular weight excluding hydrogens is 262 g/mol. The van der Waals surface area contributed by atoms with Gasteiger partial charge in [0, 0.05) is 24.7 Å². The number of halogens is 1. The molecule has 1 fully saturated rings. The summed E-state index contributed by atoms with van der Waals surface area (Å²) in [6.07, 6.45) is 2.43. The first kappa shape index (κ1) is 14.2. The van der Waals surface area contributed by atoms with Crippen LogP contribution in [0.25, 0.3) is 0 Å². The molecule has 1 heterocycles. The molecule has 0 bridgehead atoms. The molecule has 19 heavy (non-hydrogen) atoms. The fraction of sp³-hybridized carbons (Fsp3) is 0.500. The van der Waals surface area contributed by atoms with Gasteiger partial charge in [-0.05, 0) is 44.5 Å². The number of carbonyl (C=O) groups is 1. The van der Waals surface area contributed by atoms with Crippen molar-refractivity contribution in [2.45, 2.75) is 25.8 Å². The van der Waals surface area contributed by atoms with Crippen LogP contribution in [0, 0.1) is 0 Å². The zero-order valence-electron chi connectivity index (χ0n) is 11.2. The molecule has 0 spiro atoms. The van der Waals surface area contributed by atoms with E-state index in [4.69, 9.17) is 17.3 Å². The predicted molar refractivity (Wildman–Crippen MR) is 78.9 cm³/mol. The van der Waals surface area contributed by atoms with Gasteiger partial charge in [0.05, 0.1) is 10.7 Å². The van der Waals surface area contributed by atoms with Crippen molar-refractivity contribution in [2.75, 3.05) is 24.5 Å². The van der Waals surface area contributed by atoms with E-state index in [0.717, 1.165) is 25.3 Å². The first-order chi connectivity index (χ1) is 9.11. The number of nitrogens with zero attached hydrogens (tertiary/aromatic N) is 1. The first-order valence-electron chi connectivity index (χ1n) is 6.69. The van der Waals surface area contributed by atoms with Crippen LogP contribution in [0.4, 0.5) is 5.69 Å². The molecule has 1 aliphatic rings. The lowest BCUT2D eigenvalue weighted by atomic mass is 10.1. The van der Waals surface area contributed by atoms with Crippen LogP contribution in [0.1, 0.15) is 30.1 Å². The van der Waals surface area contributed by atoms with Crippen molar-refractivity contribution in [1.82, 2.24) is 5.32 Å². The van der Waals surface area contributed by atoms with Crippen LogP contribution in [0.3, 0.4) is 0 Å². The molecule has 1 saturated heterocycles. The standard InChI is InChI=1S/C14H20ClN3O/c1-2-18(9-11-4-3-7-17-11)13-6-5-10(14(16)19)8-12(13)15/h5-6,8,11,17H,2-4,7,9H2,1H3,(H2,16,19). The molecule has 0 radical (unpaired) electrons. The molecule has 1 aromatic rings. The number of nitrogens with two attached hydrogens (primary N) is 1. The van der Waals surface area contributed by atoms with Crippen LogP contribution in [-0.4, -0.2) is 31.6 Å². The first-order valence-corrected chi connectivity index (χ1v) is 7.07. The minimum atomic E-state index is -0.450. The summed E-state index contributed by atoms with van der Waals surface area (Å²) in [5.74, 6) is -0.450. The number of hydrogen-bond donors (Lipinski definition) is 2. The number of amides is 1. The zero-order chi connectivity index (χ0) is 13.8. The van der Waals surface area contributed by atoms with Gasteiger partial charge in [-0.1, -0.05) is 11.6 Å². The molecule has 1 aromatic carbocycles. The summed E-state index contributed by atoms with van der Waals surface area (Å²) >= 11 is 6.26. The van der Waals surface area contributed by atoms with E-state index >= 15 is 0 Å². The third-order valence-electron chi connectivity index (χ3n) is 3.56. The molecular formula is C14H20ClN3O. The fourth-order valence-electron chi connectivity index (χ4n) is 2.49. The Morgan fingerprint density at radius 2 is 2.37 bits per heavy atom. The molecule has 0 aliphatic carbocycles. The van der Waals surface area contributed by atoms with Gasteiger partial charge < -0.3 is 16.0 Å². The SMILES string of the molecule is CCN(CC1CCCN1)c1ccc(C(N)=O)cc1Cl. The number of benzene rings is 1.